The molecule has 0 spiro atoms. The number of halogens is 1. The van der Waals surface area contributed by atoms with Gasteiger partial charge in [-0.3, -0.25) is 0 Å². The largest absolute Gasteiger partial charge is 0.464 e. The molecule has 0 fully saturated rings. The van der Waals surface area contributed by atoms with Crippen molar-refractivity contribution in [3.63, 3.8) is 0 Å². The molecule has 1 aromatic carbocycles. The van der Waals surface area contributed by atoms with Crippen molar-refractivity contribution in [1.29, 1.82) is 0 Å². The third-order valence-corrected chi connectivity index (χ3v) is 5.34. The first kappa shape index (κ1) is 18.5. The normalized spacial score (nSPS) is 16.7. The fourth-order valence-corrected chi connectivity index (χ4v) is 4.11. The lowest BCUT2D eigenvalue weighted by Gasteiger charge is -2.32. The van der Waals surface area contributed by atoms with E-state index in [1.807, 2.05) is 30.9 Å². The molecule has 0 amide bonds. The lowest BCUT2D eigenvalue weighted by atomic mass is 10.2. The molecule has 3 rings (SSSR count). The molecular weight excluding hydrogens is 353 g/mol. The smallest absolute Gasteiger partial charge is 0.328 e. The Balaban J connectivity index is 1.81. The molecule has 0 saturated carbocycles. The Kier molecular flexibility index (Phi) is 5.98. The number of hydrogen-bond donors (Lipinski definition) is 1. The van der Waals surface area contributed by atoms with Crippen LogP contribution in [0, 0.1) is 5.82 Å². The number of thioether (sulfide) groups is 1. The summed E-state index contributed by atoms with van der Waals surface area (Å²) >= 11 is 1.63. The van der Waals surface area contributed by atoms with Crippen LogP contribution in [0.4, 0.5) is 15.9 Å². The second kappa shape index (κ2) is 8.40. The highest BCUT2D eigenvalue weighted by Gasteiger charge is 2.38. The van der Waals surface area contributed by atoms with Gasteiger partial charge < -0.3 is 15.0 Å². The fourth-order valence-electron chi connectivity index (χ4n) is 2.95. The van der Waals surface area contributed by atoms with Crippen molar-refractivity contribution in [1.82, 2.24) is 4.98 Å². The van der Waals surface area contributed by atoms with E-state index in [0.717, 1.165) is 17.1 Å². The first-order valence-electron chi connectivity index (χ1n) is 8.66. The van der Waals surface area contributed by atoms with E-state index < -0.39 is 6.04 Å². The zero-order valence-electron chi connectivity index (χ0n) is 14.8. The zero-order chi connectivity index (χ0) is 18.5. The Morgan fingerprint density at radius 3 is 2.81 bits per heavy atom. The number of ether oxygens (including phenoxy) is 1. The second-order valence-corrected chi connectivity index (χ2v) is 6.96. The van der Waals surface area contributed by atoms with Crippen molar-refractivity contribution >= 4 is 29.2 Å². The topological polar surface area (TPSA) is 54.5 Å². The van der Waals surface area contributed by atoms with Crippen molar-refractivity contribution in [3.05, 3.63) is 54.0 Å². The number of fused-ring (bicyclic) bond motifs is 1. The lowest BCUT2D eigenvalue weighted by molar-refractivity contribution is -0.144. The Labute approximate surface area is 156 Å². The van der Waals surface area contributed by atoms with E-state index in [-0.39, 0.29) is 17.3 Å². The summed E-state index contributed by atoms with van der Waals surface area (Å²) in [6.45, 7) is 4.13. The van der Waals surface area contributed by atoms with Gasteiger partial charge >= 0.3 is 5.97 Å². The van der Waals surface area contributed by atoms with Gasteiger partial charge in [-0.2, -0.15) is 0 Å². The summed E-state index contributed by atoms with van der Waals surface area (Å²) in [6.07, 6.45) is 2.35. The Bertz CT molecular complexity index is 757. The van der Waals surface area contributed by atoms with Crippen LogP contribution in [-0.2, 0) is 15.3 Å². The van der Waals surface area contributed by atoms with E-state index in [0.29, 0.717) is 18.8 Å². The van der Waals surface area contributed by atoms with Gasteiger partial charge in [-0.05, 0) is 43.2 Å². The summed E-state index contributed by atoms with van der Waals surface area (Å²) in [4.78, 5) is 18.9. The van der Waals surface area contributed by atoms with Gasteiger partial charge in [0, 0.05) is 11.9 Å². The van der Waals surface area contributed by atoms with Crippen LogP contribution in [0.1, 0.15) is 25.8 Å². The van der Waals surface area contributed by atoms with Gasteiger partial charge in [0.15, 0.2) is 11.3 Å². The molecule has 2 heterocycles. The van der Waals surface area contributed by atoms with Crippen molar-refractivity contribution in [3.8, 4) is 0 Å². The van der Waals surface area contributed by atoms with Crippen LogP contribution in [0.2, 0.25) is 0 Å². The fraction of sp³-hybridized carbons (Fsp3) is 0.368. The van der Waals surface area contributed by atoms with Crippen LogP contribution >= 0.6 is 11.8 Å². The predicted molar refractivity (Wildman–Crippen MR) is 103 cm³/mol. The molecule has 26 heavy (non-hydrogen) atoms. The first-order chi connectivity index (χ1) is 12.6. The maximum absolute atomic E-state index is 13.1. The number of pyridine rings is 1. The minimum Gasteiger partial charge on any atom is -0.464 e. The van der Waals surface area contributed by atoms with Crippen LogP contribution in [0.5, 0.6) is 0 Å². The standard InChI is InChI=1S/C19H22FN3O2S/c1-3-15(18(24)25-4-2)23-16-6-5-11-21-17(16)22-19(23)26-12-13-7-9-14(20)10-8-13/h5-11,15,19H,3-4,12H2,1-2H3,(H,21,22). The lowest BCUT2D eigenvalue weighted by Crippen LogP contribution is -2.46. The number of rotatable bonds is 7. The molecule has 7 heteroatoms. The number of carbonyl (C=O) groups excluding carboxylic acids is 1. The second-order valence-electron chi connectivity index (χ2n) is 5.89. The zero-order valence-corrected chi connectivity index (χ0v) is 15.6. The minimum absolute atomic E-state index is 0.153. The van der Waals surface area contributed by atoms with E-state index in [2.05, 4.69) is 10.3 Å². The summed E-state index contributed by atoms with van der Waals surface area (Å²) in [5.41, 5.74) is 1.76. The first-order valence-corrected chi connectivity index (χ1v) is 9.71. The molecule has 0 bridgehead atoms. The number of anilines is 2. The number of nitrogens with one attached hydrogen (secondary N) is 1. The number of hydrogen-bond acceptors (Lipinski definition) is 6. The van der Waals surface area contributed by atoms with Crippen LogP contribution < -0.4 is 10.2 Å². The monoisotopic (exact) mass is 375 g/mol. The molecule has 1 N–H and O–H groups in total. The van der Waals surface area contributed by atoms with Crippen molar-refractivity contribution in [2.75, 3.05) is 16.8 Å². The highest BCUT2D eigenvalue weighted by atomic mass is 32.2. The molecule has 2 aromatic rings. The molecule has 0 saturated heterocycles. The van der Waals surface area contributed by atoms with Gasteiger partial charge in [0.25, 0.3) is 0 Å². The van der Waals surface area contributed by atoms with Crippen molar-refractivity contribution in [2.24, 2.45) is 0 Å². The molecule has 2 unspecified atom stereocenters. The molecule has 1 aliphatic heterocycles. The number of nitrogens with zero attached hydrogens (tertiary/aromatic N) is 2. The summed E-state index contributed by atoms with van der Waals surface area (Å²) < 4.78 is 18.4. The molecule has 0 aliphatic carbocycles. The van der Waals surface area contributed by atoms with E-state index >= 15 is 0 Å². The summed E-state index contributed by atoms with van der Waals surface area (Å²) in [5.74, 6) is 0.957. The molecule has 5 nitrogen and oxygen atoms in total. The van der Waals surface area contributed by atoms with Gasteiger partial charge in [-0.15, -0.1) is 11.8 Å². The van der Waals surface area contributed by atoms with Gasteiger partial charge in [-0.1, -0.05) is 19.1 Å². The Hall–Kier alpha value is -2.28. The Morgan fingerprint density at radius 2 is 2.12 bits per heavy atom. The van der Waals surface area contributed by atoms with Gasteiger partial charge in [-0.25, -0.2) is 14.2 Å². The molecule has 2 atom stereocenters. The third kappa shape index (κ3) is 3.93. The third-order valence-electron chi connectivity index (χ3n) is 4.18. The quantitative estimate of drug-likeness (QED) is 0.738. The van der Waals surface area contributed by atoms with Crippen LogP contribution in [0.3, 0.4) is 0 Å². The van der Waals surface area contributed by atoms with Crippen LogP contribution in [-0.4, -0.2) is 29.1 Å². The van der Waals surface area contributed by atoms with E-state index in [1.165, 1.54) is 12.1 Å². The molecule has 138 valence electrons. The molecular formula is C19H22FN3O2S. The van der Waals surface area contributed by atoms with Gasteiger partial charge in [0.05, 0.1) is 12.3 Å². The van der Waals surface area contributed by atoms with E-state index in [4.69, 9.17) is 4.74 Å². The average molecular weight is 375 g/mol. The van der Waals surface area contributed by atoms with E-state index in [1.54, 1.807) is 30.1 Å². The van der Waals surface area contributed by atoms with Crippen molar-refractivity contribution in [2.45, 2.75) is 37.6 Å². The minimum atomic E-state index is -0.390. The van der Waals surface area contributed by atoms with E-state index in [9.17, 15) is 9.18 Å². The number of benzene rings is 1. The molecule has 1 aliphatic rings. The number of aromatic nitrogens is 1. The van der Waals surface area contributed by atoms with Gasteiger partial charge in [0.1, 0.15) is 11.9 Å². The summed E-state index contributed by atoms with van der Waals surface area (Å²) in [6, 6.07) is 9.89. The molecule has 0 radical (unpaired) electrons. The maximum Gasteiger partial charge on any atom is 0.328 e. The summed E-state index contributed by atoms with van der Waals surface area (Å²) in [5, 5.41) is 3.37. The van der Waals surface area contributed by atoms with Crippen LogP contribution in [0.15, 0.2) is 42.6 Å². The highest BCUT2D eigenvalue weighted by Crippen LogP contribution is 2.39. The SMILES string of the molecule is CCOC(=O)C(CC)N1c2cccnc2NC1SCc1ccc(F)cc1. The highest BCUT2D eigenvalue weighted by molar-refractivity contribution is 7.99. The molecule has 1 aromatic heterocycles. The average Bonchev–Trinajstić information content (AvgIpc) is 3.01. The van der Waals surface area contributed by atoms with Crippen LogP contribution in [0.25, 0.3) is 0 Å². The predicted octanol–water partition coefficient (Wildman–Crippen LogP) is 4.01. The Morgan fingerprint density at radius 1 is 1.35 bits per heavy atom. The number of esters is 1. The van der Waals surface area contributed by atoms with Crippen molar-refractivity contribution < 1.29 is 13.9 Å². The van der Waals surface area contributed by atoms with Gasteiger partial charge in [0.2, 0.25) is 0 Å². The maximum atomic E-state index is 13.1. The number of carbonyl (C=O) groups is 1. The summed E-state index contributed by atoms with van der Waals surface area (Å²) in [7, 11) is 0.